The van der Waals surface area contributed by atoms with Crippen LogP contribution in [0.5, 0.6) is 11.5 Å². The van der Waals surface area contributed by atoms with Crippen LogP contribution in [0.4, 0.5) is 22.7 Å². The molecule has 0 saturated carbocycles. The summed E-state index contributed by atoms with van der Waals surface area (Å²) in [5.74, 6) is 1.74. The van der Waals surface area contributed by atoms with Gasteiger partial charge in [0.05, 0.1) is 26.3 Å². The van der Waals surface area contributed by atoms with Gasteiger partial charge in [0, 0.05) is 51.2 Å². The Hall–Kier alpha value is -2.23. The van der Waals surface area contributed by atoms with Crippen molar-refractivity contribution in [3.8, 4) is 11.5 Å². The quantitative estimate of drug-likeness (QED) is 0.645. The van der Waals surface area contributed by atoms with Crippen LogP contribution in [0.25, 0.3) is 0 Å². The summed E-state index contributed by atoms with van der Waals surface area (Å²) in [6.45, 7) is 3.10. The predicted molar refractivity (Wildman–Crippen MR) is 91.7 cm³/mol. The lowest BCUT2D eigenvalue weighted by molar-refractivity contribution is -1.92. The van der Waals surface area contributed by atoms with Gasteiger partial charge in [-0.2, -0.15) is 14.0 Å². The van der Waals surface area contributed by atoms with Gasteiger partial charge in [0.2, 0.25) is 0 Å². The van der Waals surface area contributed by atoms with E-state index in [1.807, 2.05) is 14.1 Å². The van der Waals surface area contributed by atoms with Gasteiger partial charge in [-0.1, -0.05) is 0 Å². The van der Waals surface area contributed by atoms with Crippen molar-refractivity contribution < 1.29 is 33.6 Å². The maximum absolute atomic E-state index is 8.60. The zero-order valence-corrected chi connectivity index (χ0v) is 15.8. The second-order valence-electron chi connectivity index (χ2n) is 5.89. The minimum absolute atomic E-state index is 0.866. The monoisotopic (exact) mass is 383 g/mol. The van der Waals surface area contributed by atoms with Crippen LogP contribution in [0, 0.1) is 10.2 Å². The van der Waals surface area contributed by atoms with Crippen molar-refractivity contribution in [2.24, 2.45) is 0 Å². The molecular weight excluding hydrogens is 362 g/mol. The summed E-state index contributed by atoms with van der Waals surface area (Å²) in [6, 6.07) is 12.5. The fourth-order valence-corrected chi connectivity index (χ4v) is 2.36. The van der Waals surface area contributed by atoms with Gasteiger partial charge in [-0.3, -0.25) is 0 Å². The van der Waals surface area contributed by atoms with E-state index in [9.17, 15) is 0 Å². The van der Waals surface area contributed by atoms with E-state index in [1.54, 1.807) is 0 Å². The number of anilines is 4. The lowest BCUT2D eigenvalue weighted by Crippen LogP contribution is -2.58. The highest BCUT2D eigenvalue weighted by Crippen LogP contribution is 2.44. The van der Waals surface area contributed by atoms with Crippen molar-refractivity contribution in [3.63, 3.8) is 0 Å². The molecule has 1 aliphatic heterocycles. The molecule has 0 aliphatic carbocycles. The van der Waals surface area contributed by atoms with E-state index in [0.717, 1.165) is 40.8 Å². The topological polar surface area (TPSA) is 117 Å². The van der Waals surface area contributed by atoms with Gasteiger partial charge < -0.3 is 19.9 Å². The van der Waals surface area contributed by atoms with Crippen molar-refractivity contribution in [2.45, 2.75) is 6.92 Å². The molecule has 1 aliphatic rings. The number of ether oxygens (including phenoxy) is 1. The Kier molecular flexibility index (Phi) is 6.17. The van der Waals surface area contributed by atoms with E-state index in [0.29, 0.717) is 0 Å². The average Bonchev–Trinajstić information content (AvgIpc) is 2.56. The van der Waals surface area contributed by atoms with Crippen LogP contribution in [0.2, 0.25) is 0 Å². The molecule has 8 nitrogen and oxygen atoms in total. The highest BCUT2D eigenvalue weighted by Gasteiger charge is 2.18. The van der Waals surface area contributed by atoms with E-state index < -0.39 is 10.2 Å². The summed E-state index contributed by atoms with van der Waals surface area (Å²) in [7, 11) is 1.44. The Labute approximate surface area is 154 Å². The average molecular weight is 384 g/mol. The molecule has 0 aromatic heterocycles. The van der Waals surface area contributed by atoms with Crippen LogP contribution in [0.3, 0.4) is 0 Å². The zero-order valence-electron chi connectivity index (χ0n) is 15.0. The number of hydrogen-bond acceptors (Lipinski definition) is 8. The lowest BCUT2D eigenvalue weighted by atomic mass is 10.1. The molecule has 0 unspecified atom stereocenters. The predicted octanol–water partition coefficient (Wildman–Crippen LogP) is -0.0660. The molecule has 2 N–H and O–H groups in total. The van der Waals surface area contributed by atoms with Crippen LogP contribution in [-0.4, -0.2) is 32.3 Å². The first-order valence-corrected chi connectivity index (χ1v) is 9.09. The number of halogens is 1. The molecule has 26 heavy (non-hydrogen) atoms. The van der Waals surface area contributed by atoms with Crippen molar-refractivity contribution in [1.29, 1.82) is 0 Å². The first kappa shape index (κ1) is 20.1. The molecule has 0 atom stereocenters. The first-order chi connectivity index (χ1) is 12.1. The third-order valence-corrected chi connectivity index (χ3v) is 3.85. The van der Waals surface area contributed by atoms with Crippen LogP contribution in [-0.2, 0) is 0 Å². The minimum Gasteiger partial charge on any atom is -0.453 e. The van der Waals surface area contributed by atoms with Gasteiger partial charge in [-0.05, 0) is 31.2 Å². The summed E-state index contributed by atoms with van der Waals surface area (Å²) >= 11 is 0. The van der Waals surface area contributed by atoms with Gasteiger partial charge in [-0.15, -0.1) is 0 Å². The Morgan fingerprint density at radius 1 is 0.962 bits per heavy atom. The molecule has 0 saturated heterocycles. The summed E-state index contributed by atoms with van der Waals surface area (Å²) < 4.78 is 38.8. The van der Waals surface area contributed by atoms with E-state index in [4.69, 9.17) is 23.4 Å². The molecule has 142 valence electrons. The Bertz CT molecular complexity index is 759. The van der Waals surface area contributed by atoms with Gasteiger partial charge in [0.25, 0.3) is 0 Å². The smallest absolute Gasteiger partial charge is 0.153 e. The molecule has 3 rings (SSSR count). The molecule has 0 radical (unpaired) electrons. The molecule has 0 amide bonds. The largest absolute Gasteiger partial charge is 0.453 e. The summed E-state index contributed by atoms with van der Waals surface area (Å²) in [5, 5.41) is 3.43. The third kappa shape index (κ3) is 5.38. The van der Waals surface area contributed by atoms with Gasteiger partial charge in [0.15, 0.2) is 11.5 Å². The van der Waals surface area contributed by atoms with Gasteiger partial charge >= 0.3 is 0 Å². The van der Waals surface area contributed by atoms with Crippen molar-refractivity contribution in [3.05, 3.63) is 36.4 Å². The molecule has 0 spiro atoms. The molecule has 9 heteroatoms. The zero-order chi connectivity index (χ0) is 19.5. The van der Waals surface area contributed by atoms with E-state index in [2.05, 4.69) is 65.5 Å². The number of fused-ring (bicyclic) bond motifs is 2. The standard InChI is InChI=1S/C17H21N3O.ClHO4/c1-5-20(4)13-7-9-15-17(11-13)21-16-10-12(19(2)3)6-8-14(16)18-15;2-1(3,4)5/h6-11,18H,5H2,1-4H3;(H,2,3,4,5). The number of benzene rings is 2. The second-order valence-corrected chi connectivity index (χ2v) is 6.68. The lowest BCUT2D eigenvalue weighted by Gasteiger charge is -2.25. The summed E-state index contributed by atoms with van der Waals surface area (Å²) in [4.78, 5) is 4.26. The minimum atomic E-state index is -4.69. The fourth-order valence-electron chi connectivity index (χ4n) is 2.36. The SMILES string of the molecule is CCN(C)c1ccc2c(c1)Oc1cc(N(C)C)ccc1N2.[O-][Cl+3]([O-])([O-])O. The Balaban J connectivity index is 0.000000431. The molecule has 0 fully saturated rings. The molecule has 2 aromatic carbocycles. The molecule has 2 aromatic rings. The number of nitrogens with zero attached hydrogens (tertiary/aromatic N) is 2. The second kappa shape index (κ2) is 7.98. The van der Waals surface area contributed by atoms with Gasteiger partial charge in [-0.25, -0.2) is 0 Å². The van der Waals surface area contributed by atoms with E-state index in [-0.39, 0.29) is 0 Å². The number of rotatable bonds is 3. The van der Waals surface area contributed by atoms with Crippen molar-refractivity contribution in [2.75, 3.05) is 42.8 Å². The van der Waals surface area contributed by atoms with Crippen LogP contribution < -0.4 is 33.8 Å². The van der Waals surface area contributed by atoms with Crippen LogP contribution in [0.15, 0.2) is 36.4 Å². The van der Waals surface area contributed by atoms with Crippen LogP contribution >= 0.6 is 0 Å². The normalized spacial score (nSPS) is 11.8. The van der Waals surface area contributed by atoms with Crippen molar-refractivity contribution in [1.82, 2.24) is 0 Å². The Morgan fingerprint density at radius 3 is 1.88 bits per heavy atom. The van der Waals surface area contributed by atoms with Gasteiger partial charge in [0.1, 0.15) is 0 Å². The van der Waals surface area contributed by atoms with Crippen LogP contribution in [0.1, 0.15) is 6.92 Å². The van der Waals surface area contributed by atoms with Crippen molar-refractivity contribution >= 4 is 22.7 Å². The number of hydrogen-bond donors (Lipinski definition) is 2. The maximum atomic E-state index is 8.60. The van der Waals surface area contributed by atoms with E-state index in [1.165, 1.54) is 0 Å². The molecule has 1 heterocycles. The highest BCUT2D eigenvalue weighted by atomic mass is 35.7. The highest BCUT2D eigenvalue weighted by molar-refractivity contribution is 5.79. The summed E-state index contributed by atoms with van der Waals surface area (Å²) in [5.41, 5.74) is 4.30. The number of nitrogens with one attached hydrogen (secondary N) is 1. The fraction of sp³-hybridized carbons (Fsp3) is 0.294. The Morgan fingerprint density at radius 2 is 1.42 bits per heavy atom. The molecule has 0 bridgehead atoms. The summed E-state index contributed by atoms with van der Waals surface area (Å²) in [6.07, 6.45) is 0. The van der Waals surface area contributed by atoms with E-state index >= 15 is 0 Å². The first-order valence-electron chi connectivity index (χ1n) is 7.83. The maximum Gasteiger partial charge on any atom is 0.153 e. The molecular formula is C17H22ClN3O5. The third-order valence-electron chi connectivity index (χ3n) is 3.85.